The number of hydrogen-bond acceptors (Lipinski definition) is 2. The zero-order valence-corrected chi connectivity index (χ0v) is 10.8. The van der Waals surface area contributed by atoms with Crippen LogP contribution in [0, 0.1) is 13.8 Å². The number of nitrogens with one attached hydrogen (secondary N) is 1. The van der Waals surface area contributed by atoms with Crippen molar-refractivity contribution < 1.29 is 4.79 Å². The highest BCUT2D eigenvalue weighted by molar-refractivity contribution is 5.79. The standard InChI is InChI=1S/C14H20N2O/c1-10-4-5-11(2)12(6-10)7-13-8-15-9-14(17)16(13)3/h4-6,13,15H,7-9H2,1-3H3. The summed E-state index contributed by atoms with van der Waals surface area (Å²) in [5.74, 6) is 0.187. The van der Waals surface area contributed by atoms with Crippen molar-refractivity contribution >= 4 is 5.91 Å². The van der Waals surface area contributed by atoms with Crippen molar-refractivity contribution in [3.05, 3.63) is 34.9 Å². The molecule has 1 heterocycles. The first-order valence-electron chi connectivity index (χ1n) is 6.10. The summed E-state index contributed by atoms with van der Waals surface area (Å²) in [7, 11) is 1.90. The van der Waals surface area contributed by atoms with Gasteiger partial charge in [-0.15, -0.1) is 0 Å². The van der Waals surface area contributed by atoms with Gasteiger partial charge in [-0.3, -0.25) is 4.79 Å². The van der Waals surface area contributed by atoms with E-state index in [4.69, 9.17) is 0 Å². The van der Waals surface area contributed by atoms with Gasteiger partial charge in [-0.2, -0.15) is 0 Å². The van der Waals surface area contributed by atoms with E-state index in [1.807, 2.05) is 11.9 Å². The lowest BCUT2D eigenvalue weighted by atomic mass is 9.97. The molecule has 1 N–H and O–H groups in total. The fourth-order valence-corrected chi connectivity index (χ4v) is 2.29. The number of likely N-dealkylation sites (N-methyl/N-ethyl adjacent to an activating group) is 1. The van der Waals surface area contributed by atoms with Crippen molar-refractivity contribution in [2.24, 2.45) is 0 Å². The van der Waals surface area contributed by atoms with Gasteiger partial charge in [-0.25, -0.2) is 0 Å². The van der Waals surface area contributed by atoms with Crippen LogP contribution >= 0.6 is 0 Å². The van der Waals surface area contributed by atoms with Gasteiger partial charge in [0.15, 0.2) is 0 Å². The smallest absolute Gasteiger partial charge is 0.236 e. The van der Waals surface area contributed by atoms with Gasteiger partial charge in [0.25, 0.3) is 0 Å². The molecule has 0 saturated carbocycles. The fourth-order valence-electron chi connectivity index (χ4n) is 2.29. The van der Waals surface area contributed by atoms with Crippen LogP contribution in [0.1, 0.15) is 16.7 Å². The quantitative estimate of drug-likeness (QED) is 0.833. The first kappa shape index (κ1) is 12.1. The maximum Gasteiger partial charge on any atom is 0.236 e. The number of nitrogens with zero attached hydrogens (tertiary/aromatic N) is 1. The first-order chi connectivity index (χ1) is 8.08. The second-order valence-corrected chi connectivity index (χ2v) is 4.92. The molecule has 1 amide bonds. The van der Waals surface area contributed by atoms with E-state index in [1.54, 1.807) is 0 Å². The molecule has 2 rings (SSSR count). The summed E-state index contributed by atoms with van der Waals surface area (Å²) >= 11 is 0. The third-order valence-corrected chi connectivity index (χ3v) is 3.56. The molecular weight excluding hydrogens is 212 g/mol. The highest BCUT2D eigenvalue weighted by atomic mass is 16.2. The maximum atomic E-state index is 11.6. The average Bonchev–Trinajstić information content (AvgIpc) is 2.30. The zero-order chi connectivity index (χ0) is 12.4. The highest BCUT2D eigenvalue weighted by Gasteiger charge is 2.24. The van der Waals surface area contributed by atoms with Crippen LogP contribution in [0.25, 0.3) is 0 Å². The van der Waals surface area contributed by atoms with Crippen molar-refractivity contribution in [3.8, 4) is 0 Å². The topological polar surface area (TPSA) is 32.3 Å². The Morgan fingerprint density at radius 3 is 2.94 bits per heavy atom. The van der Waals surface area contributed by atoms with Crippen molar-refractivity contribution in [3.63, 3.8) is 0 Å². The molecule has 0 radical (unpaired) electrons. The lowest BCUT2D eigenvalue weighted by molar-refractivity contribution is -0.133. The largest absolute Gasteiger partial charge is 0.340 e. The Morgan fingerprint density at radius 2 is 2.18 bits per heavy atom. The Morgan fingerprint density at radius 1 is 1.41 bits per heavy atom. The number of rotatable bonds is 2. The lowest BCUT2D eigenvalue weighted by Gasteiger charge is -2.33. The monoisotopic (exact) mass is 232 g/mol. The van der Waals surface area contributed by atoms with Crippen LogP contribution < -0.4 is 5.32 Å². The molecular formula is C14H20N2O. The van der Waals surface area contributed by atoms with Crippen LogP contribution in [-0.4, -0.2) is 37.0 Å². The number of aryl methyl sites for hydroxylation is 2. The molecule has 1 saturated heterocycles. The number of carbonyl (C=O) groups excluding carboxylic acids is 1. The minimum Gasteiger partial charge on any atom is -0.340 e. The van der Waals surface area contributed by atoms with E-state index in [1.165, 1.54) is 16.7 Å². The van der Waals surface area contributed by atoms with Gasteiger partial charge in [0.2, 0.25) is 5.91 Å². The second-order valence-electron chi connectivity index (χ2n) is 4.92. The van der Waals surface area contributed by atoms with E-state index in [9.17, 15) is 4.79 Å². The molecule has 3 heteroatoms. The Balaban J connectivity index is 2.14. The van der Waals surface area contributed by atoms with Crippen molar-refractivity contribution in [1.29, 1.82) is 0 Å². The molecule has 1 fully saturated rings. The Labute approximate surface area is 103 Å². The summed E-state index contributed by atoms with van der Waals surface area (Å²) in [4.78, 5) is 13.5. The van der Waals surface area contributed by atoms with Crippen LogP contribution in [-0.2, 0) is 11.2 Å². The number of carbonyl (C=O) groups is 1. The van der Waals surface area contributed by atoms with Crippen molar-refractivity contribution in [2.75, 3.05) is 20.1 Å². The van der Waals surface area contributed by atoms with E-state index in [0.717, 1.165) is 13.0 Å². The van der Waals surface area contributed by atoms with Crippen molar-refractivity contribution in [1.82, 2.24) is 10.2 Å². The fraction of sp³-hybridized carbons (Fsp3) is 0.500. The number of hydrogen-bond donors (Lipinski definition) is 1. The van der Waals surface area contributed by atoms with Crippen LogP contribution in [0.2, 0.25) is 0 Å². The van der Waals surface area contributed by atoms with Crippen LogP contribution in [0.5, 0.6) is 0 Å². The summed E-state index contributed by atoms with van der Waals surface area (Å²) in [6.07, 6.45) is 0.933. The molecule has 1 unspecified atom stereocenters. The summed E-state index contributed by atoms with van der Waals surface area (Å²) in [6, 6.07) is 6.79. The van der Waals surface area contributed by atoms with Gasteiger partial charge in [0, 0.05) is 19.6 Å². The molecule has 3 nitrogen and oxygen atoms in total. The van der Waals surface area contributed by atoms with Gasteiger partial charge >= 0.3 is 0 Å². The minimum absolute atomic E-state index is 0.187. The average molecular weight is 232 g/mol. The molecule has 0 spiro atoms. The van der Waals surface area contributed by atoms with E-state index in [2.05, 4.69) is 37.4 Å². The number of piperazine rings is 1. The molecule has 1 atom stereocenters. The van der Waals surface area contributed by atoms with Gasteiger partial charge in [-0.05, 0) is 31.4 Å². The normalized spacial score (nSPS) is 20.8. The van der Waals surface area contributed by atoms with Crippen LogP contribution in [0.3, 0.4) is 0 Å². The summed E-state index contributed by atoms with van der Waals surface area (Å²) in [5.41, 5.74) is 3.93. The third kappa shape index (κ3) is 2.67. The van der Waals surface area contributed by atoms with E-state index in [-0.39, 0.29) is 11.9 Å². The first-order valence-corrected chi connectivity index (χ1v) is 6.10. The van der Waals surface area contributed by atoms with Gasteiger partial charge in [0.05, 0.1) is 6.54 Å². The van der Waals surface area contributed by atoms with Crippen molar-refractivity contribution in [2.45, 2.75) is 26.3 Å². The SMILES string of the molecule is Cc1ccc(C)c(CC2CNCC(=O)N2C)c1. The molecule has 1 aromatic rings. The van der Waals surface area contributed by atoms with E-state index >= 15 is 0 Å². The predicted molar refractivity (Wildman–Crippen MR) is 69.0 cm³/mol. The third-order valence-electron chi connectivity index (χ3n) is 3.56. The molecule has 0 bridgehead atoms. The molecule has 92 valence electrons. The van der Waals surface area contributed by atoms with Gasteiger partial charge < -0.3 is 10.2 Å². The molecule has 0 aliphatic carbocycles. The zero-order valence-electron chi connectivity index (χ0n) is 10.8. The van der Waals surface area contributed by atoms with E-state index < -0.39 is 0 Å². The lowest BCUT2D eigenvalue weighted by Crippen LogP contribution is -2.53. The van der Waals surface area contributed by atoms with Crippen LogP contribution in [0.4, 0.5) is 0 Å². The Kier molecular flexibility index (Phi) is 3.48. The highest BCUT2D eigenvalue weighted by Crippen LogP contribution is 2.15. The van der Waals surface area contributed by atoms with E-state index in [0.29, 0.717) is 6.54 Å². The van der Waals surface area contributed by atoms with Gasteiger partial charge in [0.1, 0.15) is 0 Å². The molecule has 1 aliphatic heterocycles. The molecule has 0 aromatic heterocycles. The van der Waals surface area contributed by atoms with Crippen LogP contribution in [0.15, 0.2) is 18.2 Å². The van der Waals surface area contributed by atoms with Gasteiger partial charge in [-0.1, -0.05) is 23.8 Å². The molecule has 17 heavy (non-hydrogen) atoms. The Bertz CT molecular complexity index is 428. The molecule has 1 aliphatic rings. The number of benzene rings is 1. The predicted octanol–water partition coefficient (Wildman–Crippen LogP) is 1.28. The molecule has 1 aromatic carbocycles. The summed E-state index contributed by atoms with van der Waals surface area (Å²) in [6.45, 7) is 5.60. The Hall–Kier alpha value is -1.35. The summed E-state index contributed by atoms with van der Waals surface area (Å²) in [5, 5.41) is 3.18. The maximum absolute atomic E-state index is 11.6. The minimum atomic E-state index is 0.187. The summed E-state index contributed by atoms with van der Waals surface area (Å²) < 4.78 is 0. The number of amides is 1. The second kappa shape index (κ2) is 4.88.